The molecular formula is C18H21N5O3S2. The normalized spacial score (nSPS) is 21.0. The number of hydrogen-bond donors (Lipinski definition) is 1. The summed E-state index contributed by atoms with van der Waals surface area (Å²) >= 11 is 1.56. The second kappa shape index (κ2) is 7.69. The Bertz CT molecular complexity index is 976. The summed E-state index contributed by atoms with van der Waals surface area (Å²) in [4.78, 5) is 23.6. The maximum atomic E-state index is 13.1. The van der Waals surface area contributed by atoms with Crippen molar-refractivity contribution in [3.63, 3.8) is 0 Å². The molecule has 28 heavy (non-hydrogen) atoms. The van der Waals surface area contributed by atoms with Crippen molar-refractivity contribution in [2.24, 2.45) is 5.92 Å². The lowest BCUT2D eigenvalue weighted by molar-refractivity contribution is -0.118. The van der Waals surface area contributed by atoms with E-state index < -0.39 is 10.0 Å². The molecule has 8 nitrogen and oxygen atoms in total. The summed E-state index contributed by atoms with van der Waals surface area (Å²) < 4.78 is 27.7. The van der Waals surface area contributed by atoms with Crippen molar-refractivity contribution in [3.05, 3.63) is 36.7 Å². The van der Waals surface area contributed by atoms with Crippen LogP contribution in [0.25, 0.3) is 0 Å². The second-order valence-electron chi connectivity index (χ2n) is 6.80. The van der Waals surface area contributed by atoms with Gasteiger partial charge >= 0.3 is 0 Å². The smallest absolute Gasteiger partial charge is 0.243 e. The van der Waals surface area contributed by atoms with Gasteiger partial charge < -0.3 is 10.2 Å². The SMILES string of the molecule is C[C@@H]1CSc2ccc(S(=O)(=O)N3CCN(c4ncccn4)CC3)cc2NC1=O. The molecule has 10 heteroatoms. The summed E-state index contributed by atoms with van der Waals surface area (Å²) in [7, 11) is -3.64. The van der Waals surface area contributed by atoms with Gasteiger partial charge in [0, 0.05) is 55.1 Å². The fourth-order valence-electron chi connectivity index (χ4n) is 3.17. The lowest BCUT2D eigenvalue weighted by Crippen LogP contribution is -2.49. The molecule has 148 valence electrons. The van der Waals surface area contributed by atoms with Crippen LogP contribution in [-0.4, -0.2) is 60.5 Å². The first kappa shape index (κ1) is 19.2. The van der Waals surface area contributed by atoms with Crippen LogP contribution in [-0.2, 0) is 14.8 Å². The number of hydrogen-bond acceptors (Lipinski definition) is 7. The van der Waals surface area contributed by atoms with Crippen LogP contribution in [0.2, 0.25) is 0 Å². The van der Waals surface area contributed by atoms with Gasteiger partial charge in [0.05, 0.1) is 10.6 Å². The molecule has 1 amide bonds. The summed E-state index contributed by atoms with van der Waals surface area (Å²) in [6, 6.07) is 6.72. The first-order valence-electron chi connectivity index (χ1n) is 9.05. The number of sulfonamides is 1. The standard InChI is InChI=1S/C18H21N5O3S2/c1-13-12-27-16-4-3-14(11-15(16)21-17(13)24)28(25,26)23-9-7-22(8-10-23)18-19-5-2-6-20-18/h2-6,11,13H,7-10,12H2,1H3,(H,21,24)/t13-/m1/s1. The number of aromatic nitrogens is 2. The number of thioether (sulfide) groups is 1. The predicted octanol–water partition coefficient (Wildman–Crippen LogP) is 1.67. The highest BCUT2D eigenvalue weighted by molar-refractivity contribution is 7.99. The molecule has 1 fully saturated rings. The number of nitrogens with one attached hydrogen (secondary N) is 1. The Balaban J connectivity index is 1.52. The number of fused-ring (bicyclic) bond motifs is 1. The third-order valence-corrected chi connectivity index (χ3v) is 8.09. The zero-order valence-corrected chi connectivity index (χ0v) is 17.0. The molecule has 2 aliphatic rings. The van der Waals surface area contributed by atoms with Gasteiger partial charge in [-0.05, 0) is 24.3 Å². The molecule has 0 radical (unpaired) electrons. The Hall–Kier alpha value is -2.17. The van der Waals surface area contributed by atoms with Crippen molar-refractivity contribution < 1.29 is 13.2 Å². The van der Waals surface area contributed by atoms with Crippen LogP contribution in [0.5, 0.6) is 0 Å². The van der Waals surface area contributed by atoms with Crippen molar-refractivity contribution in [3.8, 4) is 0 Å². The maximum absolute atomic E-state index is 13.1. The average Bonchev–Trinajstić information content (AvgIpc) is 2.86. The molecule has 1 saturated heterocycles. The zero-order valence-electron chi connectivity index (χ0n) is 15.4. The second-order valence-corrected chi connectivity index (χ2v) is 9.80. The van der Waals surface area contributed by atoms with Gasteiger partial charge in [0.1, 0.15) is 0 Å². The van der Waals surface area contributed by atoms with Crippen LogP contribution in [0.1, 0.15) is 6.92 Å². The van der Waals surface area contributed by atoms with Gasteiger partial charge in [-0.1, -0.05) is 6.92 Å². The van der Waals surface area contributed by atoms with E-state index in [1.165, 1.54) is 4.31 Å². The molecule has 0 aliphatic carbocycles. The van der Waals surface area contributed by atoms with Gasteiger partial charge in [0.2, 0.25) is 21.9 Å². The summed E-state index contributed by atoms with van der Waals surface area (Å²) in [6.07, 6.45) is 3.35. The minimum absolute atomic E-state index is 0.0859. The molecule has 0 saturated carbocycles. The fourth-order valence-corrected chi connectivity index (χ4v) is 5.63. The average molecular weight is 420 g/mol. The van der Waals surface area contributed by atoms with Gasteiger partial charge in [-0.3, -0.25) is 4.79 Å². The monoisotopic (exact) mass is 419 g/mol. The molecular weight excluding hydrogens is 398 g/mol. The van der Waals surface area contributed by atoms with Gasteiger partial charge in [-0.25, -0.2) is 18.4 Å². The number of anilines is 2. The first-order chi connectivity index (χ1) is 13.4. The van der Waals surface area contributed by atoms with Crippen molar-refractivity contribution in [1.82, 2.24) is 14.3 Å². The van der Waals surface area contributed by atoms with E-state index in [2.05, 4.69) is 15.3 Å². The molecule has 2 aliphatic heterocycles. The van der Waals surface area contributed by atoms with Crippen molar-refractivity contribution in [2.45, 2.75) is 16.7 Å². The van der Waals surface area contributed by atoms with Crippen LogP contribution in [0.4, 0.5) is 11.6 Å². The quantitative estimate of drug-likeness (QED) is 0.808. The van der Waals surface area contributed by atoms with Crippen LogP contribution < -0.4 is 10.2 Å². The van der Waals surface area contributed by atoms with Crippen molar-refractivity contribution in [2.75, 3.05) is 42.1 Å². The Labute approximate surface area is 168 Å². The third kappa shape index (κ3) is 3.71. The lowest BCUT2D eigenvalue weighted by atomic mass is 10.2. The van der Waals surface area contributed by atoms with E-state index in [-0.39, 0.29) is 16.7 Å². The molecule has 1 N–H and O–H groups in total. The minimum Gasteiger partial charge on any atom is -0.338 e. The first-order valence-corrected chi connectivity index (χ1v) is 11.5. The Morgan fingerprint density at radius 1 is 1.14 bits per heavy atom. The molecule has 3 heterocycles. The summed E-state index contributed by atoms with van der Waals surface area (Å²) in [6.45, 7) is 3.63. The number of amides is 1. The maximum Gasteiger partial charge on any atom is 0.243 e. The number of piperazine rings is 1. The van der Waals surface area contributed by atoms with Crippen LogP contribution in [0.15, 0.2) is 46.5 Å². The summed E-state index contributed by atoms with van der Waals surface area (Å²) in [5, 5.41) is 2.85. The van der Waals surface area contributed by atoms with E-state index in [9.17, 15) is 13.2 Å². The molecule has 1 atom stereocenters. The minimum atomic E-state index is -3.64. The topological polar surface area (TPSA) is 95.5 Å². The van der Waals surface area contributed by atoms with Gasteiger partial charge in [-0.15, -0.1) is 11.8 Å². The molecule has 0 spiro atoms. The number of carbonyl (C=O) groups excluding carboxylic acids is 1. The van der Waals surface area contributed by atoms with Gasteiger partial charge in [-0.2, -0.15) is 4.31 Å². The van der Waals surface area contributed by atoms with E-state index in [1.807, 2.05) is 11.8 Å². The highest BCUT2D eigenvalue weighted by atomic mass is 32.2. The van der Waals surface area contributed by atoms with Gasteiger partial charge in [0.25, 0.3) is 0 Å². The van der Waals surface area contributed by atoms with E-state index in [1.54, 1.807) is 48.4 Å². The largest absolute Gasteiger partial charge is 0.338 e. The molecule has 0 bridgehead atoms. The summed E-state index contributed by atoms with van der Waals surface area (Å²) in [5.74, 6) is 1.08. The molecule has 1 aromatic heterocycles. The molecule has 4 rings (SSSR count). The molecule has 2 aromatic rings. The van der Waals surface area contributed by atoms with Crippen LogP contribution in [0.3, 0.4) is 0 Å². The zero-order chi connectivity index (χ0) is 19.7. The highest BCUT2D eigenvalue weighted by Crippen LogP contribution is 2.34. The fraction of sp³-hybridized carbons (Fsp3) is 0.389. The van der Waals surface area contributed by atoms with E-state index in [0.717, 1.165) is 4.90 Å². The molecule has 0 unspecified atom stereocenters. The van der Waals surface area contributed by atoms with E-state index >= 15 is 0 Å². The number of nitrogens with zero attached hydrogens (tertiary/aromatic N) is 4. The Morgan fingerprint density at radius 2 is 1.86 bits per heavy atom. The predicted molar refractivity (Wildman–Crippen MR) is 108 cm³/mol. The Morgan fingerprint density at radius 3 is 2.57 bits per heavy atom. The highest BCUT2D eigenvalue weighted by Gasteiger charge is 2.30. The van der Waals surface area contributed by atoms with E-state index in [0.29, 0.717) is 43.6 Å². The Kier molecular flexibility index (Phi) is 5.26. The van der Waals surface area contributed by atoms with Crippen molar-refractivity contribution >= 4 is 39.3 Å². The lowest BCUT2D eigenvalue weighted by Gasteiger charge is -2.34. The van der Waals surface area contributed by atoms with E-state index in [4.69, 9.17) is 0 Å². The third-order valence-electron chi connectivity index (χ3n) is 4.86. The number of rotatable bonds is 3. The van der Waals surface area contributed by atoms with Crippen LogP contribution >= 0.6 is 11.8 Å². The number of benzene rings is 1. The van der Waals surface area contributed by atoms with Crippen LogP contribution in [0, 0.1) is 5.92 Å². The molecule has 1 aromatic carbocycles. The summed E-state index contributed by atoms with van der Waals surface area (Å²) in [5.41, 5.74) is 0.566. The van der Waals surface area contributed by atoms with Crippen molar-refractivity contribution in [1.29, 1.82) is 0 Å². The van der Waals surface area contributed by atoms with Gasteiger partial charge in [0.15, 0.2) is 0 Å². The number of carbonyl (C=O) groups is 1.